The van der Waals surface area contributed by atoms with Crippen molar-refractivity contribution in [2.75, 3.05) is 13.2 Å². The van der Waals surface area contributed by atoms with Crippen molar-refractivity contribution in [2.24, 2.45) is 0 Å². The normalized spacial score (nSPS) is 19.0. The minimum absolute atomic E-state index is 0.102. The zero-order valence-electron chi connectivity index (χ0n) is 13.9. The molecule has 0 N–H and O–H groups in total. The second kappa shape index (κ2) is 12.6. The Morgan fingerprint density at radius 3 is 2.09 bits per heavy atom. The highest BCUT2D eigenvalue weighted by Crippen LogP contribution is 2.34. The first-order valence-corrected chi connectivity index (χ1v) is 10.3. The van der Waals surface area contributed by atoms with E-state index in [1.54, 1.807) is 0 Å². The van der Waals surface area contributed by atoms with E-state index < -0.39 is 0 Å². The van der Waals surface area contributed by atoms with Crippen LogP contribution in [0.15, 0.2) is 22.4 Å². The van der Waals surface area contributed by atoms with E-state index in [4.69, 9.17) is 9.47 Å². The van der Waals surface area contributed by atoms with E-state index in [1.165, 1.54) is 38.5 Å². The Morgan fingerprint density at radius 1 is 0.909 bits per heavy atom. The number of alkyl halides is 1. The third-order valence-electron chi connectivity index (χ3n) is 3.60. The summed E-state index contributed by atoms with van der Waals surface area (Å²) in [6.45, 7) is 6.01. The van der Waals surface area contributed by atoms with Crippen LogP contribution in [-0.2, 0) is 9.47 Å². The summed E-state index contributed by atoms with van der Waals surface area (Å²) in [6.07, 6.45) is 14.8. The van der Waals surface area contributed by atoms with Gasteiger partial charge in [0.25, 0.3) is 0 Å². The second-order valence-electron chi connectivity index (χ2n) is 5.65. The zero-order valence-corrected chi connectivity index (χ0v) is 17.0. The Labute approximate surface area is 153 Å². The lowest BCUT2D eigenvalue weighted by atomic mass is 10.1. The van der Waals surface area contributed by atoms with Crippen LogP contribution in [0.1, 0.15) is 65.2 Å². The van der Waals surface area contributed by atoms with Crippen molar-refractivity contribution >= 4 is 31.9 Å². The van der Waals surface area contributed by atoms with E-state index in [0.29, 0.717) is 0 Å². The van der Waals surface area contributed by atoms with Gasteiger partial charge in [-0.05, 0) is 40.9 Å². The topological polar surface area (TPSA) is 18.5 Å². The summed E-state index contributed by atoms with van der Waals surface area (Å²) in [5.74, 6) is 0.914. The fourth-order valence-electron chi connectivity index (χ4n) is 2.24. The maximum atomic E-state index is 5.88. The van der Waals surface area contributed by atoms with Crippen LogP contribution in [0.25, 0.3) is 0 Å². The first kappa shape index (κ1) is 20.2. The molecule has 0 aliphatic heterocycles. The highest BCUT2D eigenvalue weighted by Gasteiger charge is 2.24. The van der Waals surface area contributed by atoms with E-state index in [9.17, 15) is 0 Å². The Bertz CT molecular complexity index is 353. The maximum Gasteiger partial charge on any atom is 0.138 e. The summed E-state index contributed by atoms with van der Waals surface area (Å²) < 4.78 is 12.7. The molecule has 0 heterocycles. The van der Waals surface area contributed by atoms with Gasteiger partial charge in [0, 0.05) is 6.61 Å². The predicted molar refractivity (Wildman–Crippen MR) is 101 cm³/mol. The Balaban J connectivity index is 2.29. The van der Waals surface area contributed by atoms with Gasteiger partial charge in [0.05, 0.1) is 15.9 Å². The third-order valence-corrected chi connectivity index (χ3v) is 4.93. The van der Waals surface area contributed by atoms with Gasteiger partial charge in [-0.2, -0.15) is 0 Å². The number of hydrogen-bond donors (Lipinski definition) is 0. The van der Waals surface area contributed by atoms with E-state index in [2.05, 4.69) is 51.8 Å². The van der Waals surface area contributed by atoms with E-state index >= 15 is 0 Å². The third kappa shape index (κ3) is 8.16. The largest absolute Gasteiger partial charge is 0.493 e. The van der Waals surface area contributed by atoms with Crippen LogP contribution in [0.4, 0.5) is 0 Å². The molecule has 2 nitrogen and oxygen atoms in total. The van der Waals surface area contributed by atoms with Gasteiger partial charge >= 0.3 is 0 Å². The molecular formula is C18H29Br2O2. The van der Waals surface area contributed by atoms with E-state index in [0.717, 1.165) is 42.4 Å². The van der Waals surface area contributed by atoms with Crippen LogP contribution < -0.4 is 0 Å². The molecule has 0 aromatic rings. The highest BCUT2D eigenvalue weighted by molar-refractivity contribution is 9.12. The molecule has 1 aliphatic carbocycles. The predicted octanol–water partition coefficient (Wildman–Crippen LogP) is 6.65. The zero-order chi connectivity index (χ0) is 16.2. The van der Waals surface area contributed by atoms with Crippen LogP contribution in [0.3, 0.4) is 0 Å². The molecule has 0 bridgehead atoms. The quantitative estimate of drug-likeness (QED) is 0.251. The number of hydrogen-bond acceptors (Lipinski definition) is 2. The molecule has 1 aliphatic rings. The Kier molecular flexibility index (Phi) is 11.6. The molecule has 4 heteroatoms. The molecule has 1 rings (SSSR count). The monoisotopic (exact) mass is 435 g/mol. The SMILES string of the molecule is CCCCCCO[C]1C=C(Br)C(OCCCCCC)=CC1Br. The first-order chi connectivity index (χ1) is 10.7. The molecule has 0 aromatic heterocycles. The molecule has 22 heavy (non-hydrogen) atoms. The van der Waals surface area contributed by atoms with Crippen LogP contribution in [0.5, 0.6) is 0 Å². The standard InChI is InChI=1S/C18H29Br2O2/c1-3-5-7-9-11-21-17-13-16(20)18(14-15(17)19)22-12-10-8-6-4-2/h13-15H,3-12H2,1-2H3. The molecule has 1 unspecified atom stereocenters. The van der Waals surface area contributed by atoms with Gasteiger partial charge in [-0.15, -0.1) is 0 Å². The van der Waals surface area contributed by atoms with Crippen LogP contribution >= 0.6 is 31.9 Å². The summed E-state index contributed by atoms with van der Waals surface area (Å²) >= 11 is 7.24. The van der Waals surface area contributed by atoms with Crippen LogP contribution in [-0.4, -0.2) is 18.0 Å². The van der Waals surface area contributed by atoms with Crippen molar-refractivity contribution in [2.45, 2.75) is 70.0 Å². The number of rotatable bonds is 12. The Morgan fingerprint density at radius 2 is 1.50 bits per heavy atom. The average Bonchev–Trinajstić information content (AvgIpc) is 2.51. The molecule has 0 fully saturated rings. The Hall–Kier alpha value is 0.200. The minimum Gasteiger partial charge on any atom is -0.493 e. The summed E-state index contributed by atoms with van der Waals surface area (Å²) in [5.41, 5.74) is 0. The van der Waals surface area contributed by atoms with E-state index in [1.807, 2.05) is 6.08 Å². The fourth-order valence-corrected chi connectivity index (χ4v) is 3.22. The molecule has 0 saturated carbocycles. The number of allylic oxidation sites excluding steroid dienone is 1. The first-order valence-electron chi connectivity index (χ1n) is 8.55. The molecule has 0 amide bonds. The van der Waals surface area contributed by atoms with Gasteiger partial charge in [0.15, 0.2) is 0 Å². The number of unbranched alkanes of at least 4 members (excludes halogenated alkanes) is 6. The van der Waals surface area contributed by atoms with Crippen molar-refractivity contribution in [3.63, 3.8) is 0 Å². The molecule has 127 valence electrons. The van der Waals surface area contributed by atoms with Gasteiger partial charge < -0.3 is 9.47 Å². The molecule has 1 radical (unpaired) electrons. The van der Waals surface area contributed by atoms with Gasteiger partial charge in [-0.1, -0.05) is 68.3 Å². The lowest BCUT2D eigenvalue weighted by Crippen LogP contribution is -2.17. The maximum absolute atomic E-state index is 5.88. The minimum atomic E-state index is 0.102. The van der Waals surface area contributed by atoms with Crippen LogP contribution in [0, 0.1) is 6.10 Å². The number of ether oxygens (including phenoxy) is 2. The molecule has 0 spiro atoms. The van der Waals surface area contributed by atoms with Crippen molar-refractivity contribution in [3.8, 4) is 0 Å². The molecule has 0 saturated heterocycles. The van der Waals surface area contributed by atoms with Gasteiger partial charge in [0.2, 0.25) is 0 Å². The van der Waals surface area contributed by atoms with Crippen molar-refractivity contribution < 1.29 is 9.47 Å². The summed E-state index contributed by atoms with van der Waals surface area (Å²) in [5, 5.41) is 0. The lowest BCUT2D eigenvalue weighted by Gasteiger charge is -2.23. The van der Waals surface area contributed by atoms with Gasteiger partial charge in [-0.25, -0.2) is 0 Å². The summed E-state index contributed by atoms with van der Waals surface area (Å²) in [6, 6.07) is 0. The smallest absolute Gasteiger partial charge is 0.138 e. The van der Waals surface area contributed by atoms with Gasteiger partial charge in [0.1, 0.15) is 11.9 Å². The summed E-state index contributed by atoms with van der Waals surface area (Å²) in [7, 11) is 0. The van der Waals surface area contributed by atoms with Crippen molar-refractivity contribution in [1.82, 2.24) is 0 Å². The molecule has 0 aromatic carbocycles. The molecule has 1 atom stereocenters. The van der Waals surface area contributed by atoms with Crippen LogP contribution in [0.2, 0.25) is 0 Å². The lowest BCUT2D eigenvalue weighted by molar-refractivity contribution is 0.155. The van der Waals surface area contributed by atoms with Crippen molar-refractivity contribution in [1.29, 1.82) is 0 Å². The highest BCUT2D eigenvalue weighted by atomic mass is 79.9. The fraction of sp³-hybridized carbons (Fsp3) is 0.722. The van der Waals surface area contributed by atoms with E-state index in [-0.39, 0.29) is 4.83 Å². The van der Waals surface area contributed by atoms with Gasteiger partial charge in [-0.3, -0.25) is 0 Å². The number of halogens is 2. The van der Waals surface area contributed by atoms with Crippen molar-refractivity contribution in [3.05, 3.63) is 28.5 Å². The molecular weight excluding hydrogens is 408 g/mol. The summed E-state index contributed by atoms with van der Waals surface area (Å²) in [4.78, 5) is 0.102. The second-order valence-corrected chi connectivity index (χ2v) is 7.49. The average molecular weight is 437 g/mol.